The van der Waals surface area contributed by atoms with Gasteiger partial charge in [-0.25, -0.2) is 9.97 Å². The molecule has 7 nitrogen and oxygen atoms in total. The van der Waals surface area contributed by atoms with E-state index in [0.717, 1.165) is 0 Å². The van der Waals surface area contributed by atoms with Gasteiger partial charge >= 0.3 is 0 Å². The third-order valence-electron chi connectivity index (χ3n) is 2.96. The summed E-state index contributed by atoms with van der Waals surface area (Å²) in [7, 11) is 0. The quantitative estimate of drug-likeness (QED) is 0.725. The number of para-hydroxylation sites is 1. The van der Waals surface area contributed by atoms with Crippen LogP contribution < -0.4 is 10.6 Å². The first-order valence-corrected chi connectivity index (χ1v) is 7.57. The SMILES string of the molecule is Cc1cc(NC(=O)c2ccnc(Nc3c(Cl)cccc3Cl)n2)no1. The Kier molecular flexibility index (Phi) is 4.64. The highest BCUT2D eigenvalue weighted by atomic mass is 35.5. The lowest BCUT2D eigenvalue weighted by atomic mass is 10.3. The number of carbonyl (C=O) groups excluding carboxylic acids is 1. The lowest BCUT2D eigenvalue weighted by Gasteiger charge is -2.09. The number of hydrogen-bond donors (Lipinski definition) is 2. The summed E-state index contributed by atoms with van der Waals surface area (Å²) in [6.07, 6.45) is 1.45. The predicted molar refractivity (Wildman–Crippen MR) is 91.0 cm³/mol. The van der Waals surface area contributed by atoms with Gasteiger partial charge < -0.3 is 15.2 Å². The van der Waals surface area contributed by atoms with Crippen molar-refractivity contribution in [1.82, 2.24) is 15.1 Å². The molecule has 2 heterocycles. The molecule has 1 aromatic carbocycles. The van der Waals surface area contributed by atoms with Crippen LogP contribution in [0.25, 0.3) is 0 Å². The summed E-state index contributed by atoms with van der Waals surface area (Å²) in [5.74, 6) is 0.636. The summed E-state index contributed by atoms with van der Waals surface area (Å²) < 4.78 is 4.89. The highest BCUT2D eigenvalue weighted by Gasteiger charge is 2.13. The van der Waals surface area contributed by atoms with Crippen molar-refractivity contribution >= 4 is 46.6 Å². The van der Waals surface area contributed by atoms with Gasteiger partial charge in [0.05, 0.1) is 15.7 Å². The molecule has 0 fully saturated rings. The lowest BCUT2D eigenvalue weighted by molar-refractivity contribution is 0.102. The summed E-state index contributed by atoms with van der Waals surface area (Å²) in [4.78, 5) is 20.4. The Morgan fingerprint density at radius 2 is 1.96 bits per heavy atom. The van der Waals surface area contributed by atoms with Crippen LogP contribution in [0.4, 0.5) is 17.5 Å². The first kappa shape index (κ1) is 16.2. The zero-order valence-corrected chi connectivity index (χ0v) is 13.9. The topological polar surface area (TPSA) is 92.9 Å². The number of nitrogens with one attached hydrogen (secondary N) is 2. The molecule has 0 saturated carbocycles. The molecule has 0 spiro atoms. The monoisotopic (exact) mass is 363 g/mol. The fraction of sp³-hybridized carbons (Fsp3) is 0.0667. The van der Waals surface area contributed by atoms with Crippen LogP contribution in [0.2, 0.25) is 10.0 Å². The molecule has 0 unspecified atom stereocenters. The first-order chi connectivity index (χ1) is 11.5. The van der Waals surface area contributed by atoms with E-state index in [0.29, 0.717) is 27.3 Å². The van der Waals surface area contributed by atoms with Gasteiger partial charge in [0.1, 0.15) is 11.5 Å². The molecule has 2 N–H and O–H groups in total. The molecular weight excluding hydrogens is 353 g/mol. The van der Waals surface area contributed by atoms with Crippen LogP contribution in [0.5, 0.6) is 0 Å². The molecule has 0 saturated heterocycles. The highest BCUT2D eigenvalue weighted by Crippen LogP contribution is 2.31. The van der Waals surface area contributed by atoms with Crippen LogP contribution in [0.3, 0.4) is 0 Å². The molecule has 0 radical (unpaired) electrons. The Labute approximate surface area is 147 Å². The van der Waals surface area contributed by atoms with Gasteiger partial charge in [-0.1, -0.05) is 34.4 Å². The van der Waals surface area contributed by atoms with E-state index in [1.54, 1.807) is 31.2 Å². The number of amides is 1. The minimum atomic E-state index is -0.445. The van der Waals surface area contributed by atoms with Crippen LogP contribution in [-0.4, -0.2) is 21.0 Å². The van der Waals surface area contributed by atoms with Gasteiger partial charge in [0.25, 0.3) is 5.91 Å². The zero-order chi connectivity index (χ0) is 17.1. The molecule has 3 rings (SSSR count). The third kappa shape index (κ3) is 3.64. The summed E-state index contributed by atoms with van der Waals surface area (Å²) in [6, 6.07) is 8.16. The number of anilines is 3. The van der Waals surface area contributed by atoms with Crippen molar-refractivity contribution in [3.05, 3.63) is 58.0 Å². The van der Waals surface area contributed by atoms with E-state index in [4.69, 9.17) is 27.7 Å². The van der Waals surface area contributed by atoms with Gasteiger partial charge in [-0.05, 0) is 25.1 Å². The van der Waals surface area contributed by atoms with Crippen LogP contribution in [0.15, 0.2) is 41.1 Å². The second kappa shape index (κ2) is 6.86. The van der Waals surface area contributed by atoms with Crippen LogP contribution in [0, 0.1) is 6.92 Å². The van der Waals surface area contributed by atoms with E-state index in [1.165, 1.54) is 12.3 Å². The smallest absolute Gasteiger partial charge is 0.275 e. The fourth-order valence-corrected chi connectivity index (χ4v) is 2.37. The number of nitrogens with zero attached hydrogens (tertiary/aromatic N) is 3. The van der Waals surface area contributed by atoms with Crippen molar-refractivity contribution in [1.29, 1.82) is 0 Å². The van der Waals surface area contributed by atoms with Crippen LogP contribution >= 0.6 is 23.2 Å². The van der Waals surface area contributed by atoms with Crippen molar-refractivity contribution in [3.8, 4) is 0 Å². The highest BCUT2D eigenvalue weighted by molar-refractivity contribution is 6.39. The number of halogens is 2. The van der Waals surface area contributed by atoms with E-state index in [1.807, 2.05) is 0 Å². The molecule has 0 atom stereocenters. The van der Waals surface area contributed by atoms with Gasteiger partial charge in [-0.15, -0.1) is 0 Å². The average molecular weight is 364 g/mol. The first-order valence-electron chi connectivity index (χ1n) is 6.81. The summed E-state index contributed by atoms with van der Waals surface area (Å²) in [5.41, 5.74) is 0.613. The molecular formula is C15H11Cl2N5O2. The Hall–Kier alpha value is -2.64. The van der Waals surface area contributed by atoms with Crippen LogP contribution in [-0.2, 0) is 0 Å². The van der Waals surface area contributed by atoms with Crippen molar-refractivity contribution < 1.29 is 9.32 Å². The van der Waals surface area contributed by atoms with Gasteiger partial charge in [-0.2, -0.15) is 0 Å². The zero-order valence-electron chi connectivity index (χ0n) is 12.4. The molecule has 0 bridgehead atoms. The fourth-order valence-electron chi connectivity index (χ4n) is 1.88. The molecule has 0 aliphatic rings. The Balaban J connectivity index is 1.80. The number of aromatic nitrogens is 3. The number of benzene rings is 1. The summed E-state index contributed by atoms with van der Waals surface area (Å²) >= 11 is 12.2. The van der Waals surface area contributed by atoms with Gasteiger partial charge in [0.15, 0.2) is 5.82 Å². The van der Waals surface area contributed by atoms with E-state index < -0.39 is 5.91 Å². The minimum Gasteiger partial charge on any atom is -0.360 e. The third-order valence-corrected chi connectivity index (χ3v) is 3.59. The second-order valence-electron chi connectivity index (χ2n) is 4.76. The van der Waals surface area contributed by atoms with Crippen molar-refractivity contribution in [3.63, 3.8) is 0 Å². The Morgan fingerprint density at radius 3 is 2.62 bits per heavy atom. The largest absolute Gasteiger partial charge is 0.360 e. The molecule has 122 valence electrons. The number of hydrogen-bond acceptors (Lipinski definition) is 6. The van der Waals surface area contributed by atoms with E-state index in [9.17, 15) is 4.79 Å². The minimum absolute atomic E-state index is 0.149. The van der Waals surface area contributed by atoms with E-state index >= 15 is 0 Å². The maximum Gasteiger partial charge on any atom is 0.275 e. The number of carbonyl (C=O) groups is 1. The van der Waals surface area contributed by atoms with Crippen LogP contribution in [0.1, 0.15) is 16.2 Å². The van der Waals surface area contributed by atoms with E-state index in [-0.39, 0.29) is 11.6 Å². The average Bonchev–Trinajstić information content (AvgIpc) is 2.96. The lowest BCUT2D eigenvalue weighted by Crippen LogP contribution is -2.15. The molecule has 9 heteroatoms. The maximum atomic E-state index is 12.2. The molecule has 0 aliphatic carbocycles. The van der Waals surface area contributed by atoms with Gasteiger partial charge in [0.2, 0.25) is 5.95 Å². The van der Waals surface area contributed by atoms with E-state index in [2.05, 4.69) is 25.8 Å². The van der Waals surface area contributed by atoms with Crippen molar-refractivity contribution in [2.45, 2.75) is 6.92 Å². The molecule has 24 heavy (non-hydrogen) atoms. The molecule has 2 aromatic heterocycles. The molecule has 1 amide bonds. The summed E-state index contributed by atoms with van der Waals surface area (Å²) in [5, 5.41) is 10.0. The number of rotatable bonds is 4. The Morgan fingerprint density at radius 1 is 1.21 bits per heavy atom. The normalized spacial score (nSPS) is 10.5. The standard InChI is InChI=1S/C15H11Cl2N5O2/c1-8-7-12(22-24-8)20-14(23)11-5-6-18-15(19-11)21-13-9(16)3-2-4-10(13)17/h2-7H,1H3,(H,18,19,21)(H,20,22,23). The second-order valence-corrected chi connectivity index (χ2v) is 5.58. The maximum absolute atomic E-state index is 12.2. The molecule has 3 aromatic rings. The Bertz CT molecular complexity index is 877. The predicted octanol–water partition coefficient (Wildman–Crippen LogP) is 4.08. The van der Waals surface area contributed by atoms with Gasteiger partial charge in [-0.3, -0.25) is 4.79 Å². The summed E-state index contributed by atoms with van der Waals surface area (Å²) in [6.45, 7) is 1.72. The molecule has 0 aliphatic heterocycles. The van der Waals surface area contributed by atoms with Gasteiger partial charge in [0, 0.05) is 12.3 Å². The number of aryl methyl sites for hydroxylation is 1. The van der Waals surface area contributed by atoms with Crippen molar-refractivity contribution in [2.24, 2.45) is 0 Å². The van der Waals surface area contributed by atoms with Crippen molar-refractivity contribution in [2.75, 3.05) is 10.6 Å².